The van der Waals surface area contributed by atoms with Gasteiger partial charge >= 0.3 is 0 Å². The number of rotatable bonds is 2. The van der Waals surface area contributed by atoms with Gasteiger partial charge in [0.1, 0.15) is 0 Å². The number of hydrogen-bond donors (Lipinski definition) is 0. The number of hydrogen-bond acceptors (Lipinski definition) is 3. The van der Waals surface area contributed by atoms with Gasteiger partial charge < -0.3 is 0 Å². The first kappa shape index (κ1) is 11.4. The van der Waals surface area contributed by atoms with Gasteiger partial charge in [-0.05, 0) is 30.7 Å². The first-order valence-corrected chi connectivity index (χ1v) is 5.85. The number of fused-ring (bicyclic) bond motifs is 1. The first-order chi connectivity index (χ1) is 9.16. The van der Waals surface area contributed by atoms with Crippen molar-refractivity contribution in [1.82, 2.24) is 9.78 Å². The molecule has 0 aliphatic rings. The van der Waals surface area contributed by atoms with Crippen LogP contribution >= 0.6 is 0 Å². The lowest BCUT2D eigenvalue weighted by Crippen LogP contribution is -1.96. The van der Waals surface area contributed by atoms with Gasteiger partial charge in [-0.3, -0.25) is 10.1 Å². The van der Waals surface area contributed by atoms with E-state index >= 15 is 0 Å². The molecule has 3 rings (SSSR count). The first-order valence-electron chi connectivity index (χ1n) is 5.85. The summed E-state index contributed by atoms with van der Waals surface area (Å²) in [5, 5.41) is 16.1. The van der Waals surface area contributed by atoms with Crippen molar-refractivity contribution >= 4 is 16.6 Å². The summed E-state index contributed by atoms with van der Waals surface area (Å²) in [4.78, 5) is 10.2. The molecule has 1 aromatic heterocycles. The van der Waals surface area contributed by atoms with E-state index < -0.39 is 4.92 Å². The molecule has 0 saturated heterocycles. The SMILES string of the molecule is Cc1cccc2c1cnn2-c1ccc([N+](=O)[O-])cc1. The number of nitrogens with zero attached hydrogens (tertiary/aromatic N) is 3. The normalized spacial score (nSPS) is 10.8. The van der Waals surface area contributed by atoms with Crippen molar-refractivity contribution in [3.05, 3.63) is 64.3 Å². The lowest BCUT2D eigenvalue weighted by Gasteiger charge is -2.03. The van der Waals surface area contributed by atoms with Crippen molar-refractivity contribution in [2.75, 3.05) is 0 Å². The Morgan fingerprint density at radius 3 is 2.58 bits per heavy atom. The van der Waals surface area contributed by atoms with E-state index in [0.717, 1.165) is 22.2 Å². The fourth-order valence-electron chi connectivity index (χ4n) is 2.12. The molecule has 5 heteroatoms. The molecule has 0 N–H and O–H groups in total. The van der Waals surface area contributed by atoms with Gasteiger partial charge in [-0.1, -0.05) is 12.1 Å². The molecule has 0 bridgehead atoms. The van der Waals surface area contributed by atoms with Crippen molar-refractivity contribution in [3.8, 4) is 5.69 Å². The minimum Gasteiger partial charge on any atom is -0.258 e. The molecular formula is C14H11N3O2. The Balaban J connectivity index is 2.14. The summed E-state index contributed by atoms with van der Waals surface area (Å²) < 4.78 is 1.78. The Labute approximate surface area is 109 Å². The Bertz CT molecular complexity index is 760. The van der Waals surface area contributed by atoms with Crippen LogP contribution in [-0.4, -0.2) is 14.7 Å². The minimum absolute atomic E-state index is 0.0800. The van der Waals surface area contributed by atoms with Crippen LogP contribution in [0.4, 0.5) is 5.69 Å². The number of nitro groups is 1. The van der Waals surface area contributed by atoms with Crippen LogP contribution in [0.5, 0.6) is 0 Å². The van der Waals surface area contributed by atoms with E-state index in [1.54, 1.807) is 16.8 Å². The molecule has 19 heavy (non-hydrogen) atoms. The Morgan fingerprint density at radius 1 is 1.16 bits per heavy atom. The van der Waals surface area contributed by atoms with Crippen LogP contribution in [-0.2, 0) is 0 Å². The predicted molar refractivity (Wildman–Crippen MR) is 72.5 cm³/mol. The van der Waals surface area contributed by atoms with E-state index in [1.807, 2.05) is 31.3 Å². The molecule has 0 spiro atoms. The summed E-state index contributed by atoms with van der Waals surface area (Å²) >= 11 is 0. The molecule has 5 nitrogen and oxygen atoms in total. The second-order valence-electron chi connectivity index (χ2n) is 4.34. The van der Waals surface area contributed by atoms with Crippen molar-refractivity contribution < 1.29 is 4.92 Å². The van der Waals surface area contributed by atoms with Gasteiger partial charge in [0.2, 0.25) is 0 Å². The maximum Gasteiger partial charge on any atom is 0.269 e. The molecule has 3 aromatic rings. The molecular weight excluding hydrogens is 242 g/mol. The van der Waals surface area contributed by atoms with E-state index in [9.17, 15) is 10.1 Å². The zero-order chi connectivity index (χ0) is 13.4. The number of benzene rings is 2. The van der Waals surface area contributed by atoms with Crippen LogP contribution in [0.2, 0.25) is 0 Å². The summed E-state index contributed by atoms with van der Waals surface area (Å²) in [7, 11) is 0. The van der Waals surface area contributed by atoms with Crippen molar-refractivity contribution in [2.24, 2.45) is 0 Å². The molecule has 0 unspecified atom stereocenters. The van der Waals surface area contributed by atoms with E-state index in [-0.39, 0.29) is 5.69 Å². The Kier molecular flexibility index (Phi) is 2.52. The number of nitro benzene ring substituents is 1. The minimum atomic E-state index is -0.408. The second kappa shape index (κ2) is 4.20. The fraction of sp³-hybridized carbons (Fsp3) is 0.0714. The molecule has 0 radical (unpaired) electrons. The number of non-ortho nitro benzene ring substituents is 1. The highest BCUT2D eigenvalue weighted by atomic mass is 16.6. The van der Waals surface area contributed by atoms with Crippen molar-refractivity contribution in [3.63, 3.8) is 0 Å². The van der Waals surface area contributed by atoms with Gasteiger partial charge in [0.15, 0.2) is 0 Å². The predicted octanol–water partition coefficient (Wildman–Crippen LogP) is 3.24. The lowest BCUT2D eigenvalue weighted by atomic mass is 10.1. The van der Waals surface area contributed by atoms with E-state index in [4.69, 9.17) is 0 Å². The molecule has 0 aliphatic heterocycles. The fourth-order valence-corrected chi connectivity index (χ4v) is 2.12. The lowest BCUT2D eigenvalue weighted by molar-refractivity contribution is -0.384. The van der Waals surface area contributed by atoms with E-state index in [1.165, 1.54) is 12.1 Å². The largest absolute Gasteiger partial charge is 0.269 e. The summed E-state index contributed by atoms with van der Waals surface area (Å²) in [5.74, 6) is 0. The zero-order valence-corrected chi connectivity index (χ0v) is 10.3. The average Bonchev–Trinajstić information content (AvgIpc) is 2.84. The topological polar surface area (TPSA) is 61.0 Å². The standard InChI is InChI=1S/C14H11N3O2/c1-10-3-2-4-14-13(10)9-15-16(14)11-5-7-12(8-6-11)17(18)19/h2-9H,1H3. The number of aromatic nitrogens is 2. The van der Waals surface area contributed by atoms with E-state index in [0.29, 0.717) is 0 Å². The van der Waals surface area contributed by atoms with Crippen LogP contribution in [0.3, 0.4) is 0 Å². The summed E-state index contributed by atoms with van der Waals surface area (Å²) in [6.07, 6.45) is 1.81. The van der Waals surface area contributed by atoms with Crippen LogP contribution in [0.1, 0.15) is 5.56 Å². The van der Waals surface area contributed by atoms with Crippen LogP contribution in [0, 0.1) is 17.0 Å². The molecule has 0 aliphatic carbocycles. The van der Waals surface area contributed by atoms with Gasteiger partial charge in [0.05, 0.1) is 22.3 Å². The van der Waals surface area contributed by atoms with Crippen molar-refractivity contribution in [2.45, 2.75) is 6.92 Å². The van der Waals surface area contributed by atoms with Crippen molar-refractivity contribution in [1.29, 1.82) is 0 Å². The molecule has 2 aromatic carbocycles. The Hall–Kier alpha value is -2.69. The smallest absolute Gasteiger partial charge is 0.258 e. The highest BCUT2D eigenvalue weighted by Gasteiger charge is 2.08. The van der Waals surface area contributed by atoms with Crippen LogP contribution < -0.4 is 0 Å². The van der Waals surface area contributed by atoms with Gasteiger partial charge in [-0.2, -0.15) is 5.10 Å². The maximum atomic E-state index is 10.6. The van der Waals surface area contributed by atoms with Gasteiger partial charge in [0.25, 0.3) is 5.69 Å². The summed E-state index contributed by atoms with van der Waals surface area (Å²) in [6.45, 7) is 2.03. The average molecular weight is 253 g/mol. The van der Waals surface area contributed by atoms with Gasteiger partial charge in [-0.15, -0.1) is 0 Å². The van der Waals surface area contributed by atoms with E-state index in [2.05, 4.69) is 5.10 Å². The molecule has 0 fully saturated rings. The highest BCUT2D eigenvalue weighted by molar-refractivity contribution is 5.83. The molecule has 0 saturated carbocycles. The monoisotopic (exact) mass is 253 g/mol. The zero-order valence-electron chi connectivity index (χ0n) is 10.3. The molecule has 94 valence electrons. The second-order valence-corrected chi connectivity index (χ2v) is 4.34. The third-order valence-corrected chi connectivity index (χ3v) is 3.14. The van der Waals surface area contributed by atoms with Gasteiger partial charge in [0, 0.05) is 17.5 Å². The van der Waals surface area contributed by atoms with Crippen LogP contribution in [0.25, 0.3) is 16.6 Å². The molecule has 0 atom stereocenters. The summed E-state index contributed by atoms with van der Waals surface area (Å²) in [6, 6.07) is 12.4. The van der Waals surface area contributed by atoms with Gasteiger partial charge in [-0.25, -0.2) is 4.68 Å². The number of aryl methyl sites for hydroxylation is 1. The Morgan fingerprint density at radius 2 is 1.89 bits per heavy atom. The highest BCUT2D eigenvalue weighted by Crippen LogP contribution is 2.22. The third kappa shape index (κ3) is 1.85. The third-order valence-electron chi connectivity index (χ3n) is 3.14. The summed E-state index contributed by atoms with van der Waals surface area (Å²) in [5.41, 5.74) is 3.04. The molecule has 0 amide bonds. The van der Waals surface area contributed by atoms with Crippen LogP contribution in [0.15, 0.2) is 48.7 Å². The maximum absolute atomic E-state index is 10.6. The molecule has 1 heterocycles. The quantitative estimate of drug-likeness (QED) is 0.520.